The maximum absolute atomic E-state index is 12.6. The van der Waals surface area contributed by atoms with Gasteiger partial charge in [-0.2, -0.15) is 0 Å². The first-order chi connectivity index (χ1) is 16.2. The van der Waals surface area contributed by atoms with E-state index in [1.807, 2.05) is 60.7 Å². The molecule has 0 bridgehead atoms. The first-order valence-corrected chi connectivity index (χ1v) is 11.3. The highest BCUT2D eigenvalue weighted by atomic mass is 16.7. The molecule has 1 fully saturated rings. The summed E-state index contributed by atoms with van der Waals surface area (Å²) in [5.74, 6) is 1.46. The Morgan fingerprint density at radius 3 is 2.61 bits per heavy atom. The quantitative estimate of drug-likeness (QED) is 0.607. The molecule has 3 aromatic rings. The third-order valence-electron chi connectivity index (χ3n) is 6.29. The number of fused-ring (bicyclic) bond motifs is 2. The molecule has 0 saturated carbocycles. The lowest BCUT2D eigenvalue weighted by Gasteiger charge is -2.30. The monoisotopic (exact) mass is 445 g/mol. The van der Waals surface area contributed by atoms with Crippen LogP contribution in [0.3, 0.4) is 0 Å². The topological polar surface area (TPSA) is 79.9 Å². The van der Waals surface area contributed by atoms with Crippen LogP contribution < -0.4 is 20.1 Å². The van der Waals surface area contributed by atoms with Crippen molar-refractivity contribution in [3.05, 3.63) is 66.2 Å². The molecule has 0 atom stereocenters. The molecule has 2 amide bonds. The van der Waals surface area contributed by atoms with Crippen molar-refractivity contribution in [2.75, 3.05) is 31.7 Å². The highest BCUT2D eigenvalue weighted by molar-refractivity contribution is 6.02. The lowest BCUT2D eigenvalue weighted by molar-refractivity contribution is -0.126. The van der Waals surface area contributed by atoms with Gasteiger partial charge in [0.2, 0.25) is 18.6 Å². The number of carbonyl (C=O) groups is 2. The summed E-state index contributed by atoms with van der Waals surface area (Å²) in [7, 11) is 0. The summed E-state index contributed by atoms with van der Waals surface area (Å²) in [6.07, 6.45) is 1.49. The number of nitrogens with zero attached hydrogens (tertiary/aromatic N) is 1. The summed E-state index contributed by atoms with van der Waals surface area (Å²) < 4.78 is 10.7. The van der Waals surface area contributed by atoms with E-state index >= 15 is 0 Å². The van der Waals surface area contributed by atoms with Gasteiger partial charge in [-0.05, 0) is 55.1 Å². The van der Waals surface area contributed by atoms with Crippen LogP contribution in [0.5, 0.6) is 11.5 Å². The average molecular weight is 446 g/mol. The van der Waals surface area contributed by atoms with Crippen LogP contribution in [0.1, 0.15) is 18.4 Å². The number of piperidine rings is 1. The van der Waals surface area contributed by atoms with Crippen LogP contribution in [0, 0.1) is 5.92 Å². The molecule has 0 radical (unpaired) electrons. The van der Waals surface area contributed by atoms with Gasteiger partial charge in [-0.3, -0.25) is 14.5 Å². The van der Waals surface area contributed by atoms with E-state index in [0.29, 0.717) is 13.1 Å². The number of likely N-dealkylation sites (tertiary alicyclic amines) is 1. The average Bonchev–Trinajstić information content (AvgIpc) is 3.31. The van der Waals surface area contributed by atoms with Gasteiger partial charge in [-0.1, -0.05) is 42.5 Å². The molecule has 2 aliphatic rings. The Morgan fingerprint density at radius 2 is 1.73 bits per heavy atom. The van der Waals surface area contributed by atoms with E-state index in [4.69, 9.17) is 9.47 Å². The summed E-state index contributed by atoms with van der Waals surface area (Å²) in [6.45, 7) is 2.48. The van der Waals surface area contributed by atoms with Crippen molar-refractivity contribution >= 4 is 28.3 Å². The predicted molar refractivity (Wildman–Crippen MR) is 126 cm³/mol. The number of ether oxygens (including phenoxy) is 2. The number of rotatable bonds is 6. The first-order valence-electron chi connectivity index (χ1n) is 11.3. The second kappa shape index (κ2) is 9.50. The Kier molecular flexibility index (Phi) is 6.13. The van der Waals surface area contributed by atoms with E-state index < -0.39 is 0 Å². The minimum absolute atomic E-state index is 0.0305. The third kappa shape index (κ3) is 4.93. The molecule has 3 aromatic carbocycles. The van der Waals surface area contributed by atoms with Gasteiger partial charge in [-0.15, -0.1) is 0 Å². The fourth-order valence-electron chi connectivity index (χ4n) is 4.46. The van der Waals surface area contributed by atoms with Crippen molar-refractivity contribution in [2.24, 2.45) is 5.92 Å². The van der Waals surface area contributed by atoms with Gasteiger partial charge in [0.05, 0.1) is 6.54 Å². The zero-order chi connectivity index (χ0) is 22.6. The maximum Gasteiger partial charge on any atom is 0.238 e. The lowest BCUT2D eigenvalue weighted by atomic mass is 9.96. The number of hydrogen-bond donors (Lipinski definition) is 2. The molecular weight excluding hydrogens is 418 g/mol. The van der Waals surface area contributed by atoms with Crippen LogP contribution in [0.2, 0.25) is 0 Å². The number of benzene rings is 3. The zero-order valence-electron chi connectivity index (χ0n) is 18.4. The molecule has 0 aliphatic carbocycles. The van der Waals surface area contributed by atoms with E-state index in [2.05, 4.69) is 15.5 Å². The number of anilines is 1. The highest BCUT2D eigenvalue weighted by Gasteiger charge is 2.26. The number of amides is 2. The minimum Gasteiger partial charge on any atom is -0.454 e. The van der Waals surface area contributed by atoms with Gasteiger partial charge in [-0.25, -0.2) is 0 Å². The zero-order valence-corrected chi connectivity index (χ0v) is 18.4. The second-order valence-corrected chi connectivity index (χ2v) is 8.53. The van der Waals surface area contributed by atoms with E-state index in [9.17, 15) is 9.59 Å². The molecule has 7 nitrogen and oxygen atoms in total. The van der Waals surface area contributed by atoms with E-state index in [1.54, 1.807) is 0 Å². The summed E-state index contributed by atoms with van der Waals surface area (Å²) in [5, 5.41) is 8.21. The highest BCUT2D eigenvalue weighted by Crippen LogP contribution is 2.32. The molecule has 0 spiro atoms. The molecule has 7 heteroatoms. The molecule has 2 heterocycles. The van der Waals surface area contributed by atoms with E-state index in [-0.39, 0.29) is 24.5 Å². The molecule has 170 valence electrons. The van der Waals surface area contributed by atoms with Gasteiger partial charge >= 0.3 is 0 Å². The van der Waals surface area contributed by atoms with Crippen LogP contribution in [-0.2, 0) is 16.1 Å². The number of nitrogens with one attached hydrogen (secondary N) is 2. The fraction of sp³-hybridized carbons (Fsp3) is 0.308. The molecule has 5 rings (SSSR count). The molecule has 33 heavy (non-hydrogen) atoms. The SMILES string of the molecule is O=C(CN1CCC(C(=O)NCc2ccc3c(c2)OCO3)CC1)Nc1cccc2ccccc12. The third-order valence-corrected chi connectivity index (χ3v) is 6.29. The summed E-state index contributed by atoms with van der Waals surface area (Å²) in [6, 6.07) is 19.6. The first kappa shape index (κ1) is 21.3. The molecule has 0 aromatic heterocycles. The van der Waals surface area contributed by atoms with Crippen molar-refractivity contribution in [1.29, 1.82) is 0 Å². The lowest BCUT2D eigenvalue weighted by Crippen LogP contribution is -2.43. The van der Waals surface area contributed by atoms with Crippen LogP contribution in [-0.4, -0.2) is 43.1 Å². The van der Waals surface area contributed by atoms with Crippen molar-refractivity contribution in [2.45, 2.75) is 19.4 Å². The largest absolute Gasteiger partial charge is 0.454 e. The van der Waals surface area contributed by atoms with Gasteiger partial charge in [0, 0.05) is 23.5 Å². The van der Waals surface area contributed by atoms with Crippen molar-refractivity contribution in [3.8, 4) is 11.5 Å². The van der Waals surface area contributed by atoms with Crippen molar-refractivity contribution < 1.29 is 19.1 Å². The standard InChI is InChI=1S/C26H27N3O4/c30-25(28-22-7-3-5-19-4-1-2-6-21(19)22)16-29-12-10-20(11-13-29)26(31)27-15-18-8-9-23-24(14-18)33-17-32-23/h1-9,14,20H,10-13,15-17H2,(H,27,31)(H,28,30). The Hall–Kier alpha value is -3.58. The molecule has 2 aliphatic heterocycles. The van der Waals surface area contributed by atoms with Crippen LogP contribution in [0.4, 0.5) is 5.69 Å². The molecular formula is C26H27N3O4. The fourth-order valence-corrected chi connectivity index (χ4v) is 4.46. The Balaban J connectivity index is 1.08. The maximum atomic E-state index is 12.6. The van der Waals surface area contributed by atoms with E-state index in [0.717, 1.165) is 59.5 Å². The van der Waals surface area contributed by atoms with Gasteiger partial charge in [0.25, 0.3) is 0 Å². The van der Waals surface area contributed by atoms with Crippen LogP contribution in [0.25, 0.3) is 10.8 Å². The van der Waals surface area contributed by atoms with Crippen LogP contribution >= 0.6 is 0 Å². The second-order valence-electron chi connectivity index (χ2n) is 8.53. The Morgan fingerprint density at radius 1 is 0.939 bits per heavy atom. The summed E-state index contributed by atoms with van der Waals surface area (Å²) in [4.78, 5) is 27.4. The molecule has 0 unspecified atom stereocenters. The van der Waals surface area contributed by atoms with Crippen molar-refractivity contribution in [1.82, 2.24) is 10.2 Å². The Bertz CT molecular complexity index is 1170. The van der Waals surface area contributed by atoms with Gasteiger partial charge in [0.1, 0.15) is 0 Å². The molecule has 1 saturated heterocycles. The van der Waals surface area contributed by atoms with E-state index in [1.165, 1.54) is 0 Å². The number of hydrogen-bond acceptors (Lipinski definition) is 5. The smallest absolute Gasteiger partial charge is 0.238 e. The Labute approximate surface area is 192 Å². The molecule has 2 N–H and O–H groups in total. The predicted octanol–water partition coefficient (Wildman–Crippen LogP) is 3.54. The van der Waals surface area contributed by atoms with Gasteiger partial charge in [0.15, 0.2) is 11.5 Å². The minimum atomic E-state index is -0.0311. The normalized spacial score (nSPS) is 16.0. The van der Waals surface area contributed by atoms with Crippen molar-refractivity contribution in [3.63, 3.8) is 0 Å². The van der Waals surface area contributed by atoms with Gasteiger partial charge < -0.3 is 20.1 Å². The summed E-state index contributed by atoms with van der Waals surface area (Å²) in [5.41, 5.74) is 1.81. The summed E-state index contributed by atoms with van der Waals surface area (Å²) >= 11 is 0. The van der Waals surface area contributed by atoms with Crippen LogP contribution in [0.15, 0.2) is 60.7 Å². The number of carbonyl (C=O) groups excluding carboxylic acids is 2.